The van der Waals surface area contributed by atoms with Crippen molar-refractivity contribution in [3.63, 3.8) is 0 Å². The fraction of sp³-hybridized carbons (Fsp3) is 0.300. The van der Waals surface area contributed by atoms with E-state index in [9.17, 15) is 14.7 Å². The predicted octanol–water partition coefficient (Wildman–Crippen LogP) is 2.30. The third-order valence-corrected chi connectivity index (χ3v) is 5.41. The van der Waals surface area contributed by atoms with Crippen LogP contribution in [0.1, 0.15) is 27.9 Å². The zero-order chi connectivity index (χ0) is 17.8. The number of hydrogen-bond donors (Lipinski definition) is 1. The average molecular weight is 337 g/mol. The van der Waals surface area contributed by atoms with Gasteiger partial charge in [0.25, 0.3) is 5.91 Å². The Labute approximate surface area is 145 Å². The van der Waals surface area contributed by atoms with Gasteiger partial charge in [0.2, 0.25) is 0 Å². The molecule has 1 aliphatic heterocycles. The highest BCUT2D eigenvalue weighted by Gasteiger charge is 2.56. The molecule has 1 amide bonds. The van der Waals surface area contributed by atoms with Crippen LogP contribution in [0.2, 0.25) is 0 Å². The maximum absolute atomic E-state index is 13.1. The van der Waals surface area contributed by atoms with Crippen molar-refractivity contribution in [2.24, 2.45) is 5.92 Å². The lowest BCUT2D eigenvalue weighted by Crippen LogP contribution is -2.49. The molecule has 0 fully saturated rings. The lowest BCUT2D eigenvalue weighted by Gasteiger charge is -2.34. The highest BCUT2D eigenvalue weighted by atomic mass is 16.5. The van der Waals surface area contributed by atoms with Crippen molar-refractivity contribution in [1.29, 1.82) is 0 Å². The summed E-state index contributed by atoms with van der Waals surface area (Å²) in [6.45, 7) is 0. The number of Topliss-reactive ketones (excluding diaryl/α,β-unsaturated/α-hetero) is 1. The number of amides is 1. The van der Waals surface area contributed by atoms with Gasteiger partial charge in [0.1, 0.15) is 5.75 Å². The molecule has 2 atom stereocenters. The summed E-state index contributed by atoms with van der Waals surface area (Å²) < 4.78 is 5.22. The molecule has 0 saturated carbocycles. The largest absolute Gasteiger partial charge is 0.497 e. The Morgan fingerprint density at radius 3 is 2.72 bits per heavy atom. The second-order valence-corrected chi connectivity index (χ2v) is 6.63. The van der Waals surface area contributed by atoms with Crippen LogP contribution in [0.25, 0.3) is 0 Å². The summed E-state index contributed by atoms with van der Waals surface area (Å²) in [5, 5.41) is 11.4. The van der Waals surface area contributed by atoms with Crippen molar-refractivity contribution < 1.29 is 19.4 Å². The van der Waals surface area contributed by atoms with Crippen LogP contribution >= 0.6 is 0 Å². The number of nitrogens with zero attached hydrogens (tertiary/aromatic N) is 1. The molecule has 5 heteroatoms. The van der Waals surface area contributed by atoms with Crippen LogP contribution in [0.3, 0.4) is 0 Å². The zero-order valence-electron chi connectivity index (χ0n) is 14.2. The van der Waals surface area contributed by atoms with Gasteiger partial charge in [0, 0.05) is 18.2 Å². The number of benzene rings is 2. The number of hydrogen-bond acceptors (Lipinski definition) is 4. The first-order valence-corrected chi connectivity index (χ1v) is 8.29. The molecule has 25 heavy (non-hydrogen) atoms. The first kappa shape index (κ1) is 15.8. The predicted molar refractivity (Wildman–Crippen MR) is 92.9 cm³/mol. The van der Waals surface area contributed by atoms with Crippen LogP contribution in [-0.2, 0) is 16.8 Å². The number of para-hydroxylation sites is 1. The van der Waals surface area contributed by atoms with E-state index in [1.807, 2.05) is 12.1 Å². The standard InChI is InChI=1S/C20H19NO4/c1-21-17-6-4-3-5-15(17)20(24,19(21)23)16-10-7-12-11-13(25-2)8-9-14(12)18(16)22/h3-6,8-9,11,16,24H,7,10H2,1-2H3/t16-,20+/m1/s1. The summed E-state index contributed by atoms with van der Waals surface area (Å²) in [6.07, 6.45) is 1.04. The molecule has 4 rings (SSSR count). The van der Waals surface area contributed by atoms with Crippen molar-refractivity contribution in [2.75, 3.05) is 19.1 Å². The maximum atomic E-state index is 13.1. The second-order valence-electron chi connectivity index (χ2n) is 6.63. The summed E-state index contributed by atoms with van der Waals surface area (Å²) in [7, 11) is 3.22. The van der Waals surface area contributed by atoms with Crippen LogP contribution in [0.15, 0.2) is 42.5 Å². The minimum absolute atomic E-state index is 0.190. The van der Waals surface area contributed by atoms with Crippen LogP contribution in [0.4, 0.5) is 5.69 Å². The molecule has 2 aromatic rings. The third kappa shape index (κ3) is 2.05. The number of anilines is 1. The minimum Gasteiger partial charge on any atom is -0.497 e. The smallest absolute Gasteiger partial charge is 0.264 e. The van der Waals surface area contributed by atoms with Crippen LogP contribution in [-0.4, -0.2) is 31.0 Å². The zero-order valence-corrected chi connectivity index (χ0v) is 14.2. The number of ketones is 1. The molecule has 1 heterocycles. The average Bonchev–Trinajstić information content (AvgIpc) is 2.84. The number of ether oxygens (including phenoxy) is 1. The van der Waals surface area contributed by atoms with Gasteiger partial charge >= 0.3 is 0 Å². The highest BCUT2D eigenvalue weighted by molar-refractivity contribution is 6.12. The van der Waals surface area contributed by atoms with E-state index in [0.717, 1.165) is 5.56 Å². The van der Waals surface area contributed by atoms with E-state index in [1.165, 1.54) is 4.90 Å². The number of carbonyl (C=O) groups is 2. The summed E-state index contributed by atoms with van der Waals surface area (Å²) in [5.74, 6) is -0.716. The molecule has 5 nitrogen and oxygen atoms in total. The maximum Gasteiger partial charge on any atom is 0.264 e. The molecule has 1 N–H and O–H groups in total. The van der Waals surface area contributed by atoms with Gasteiger partial charge in [0.05, 0.1) is 18.7 Å². The number of fused-ring (bicyclic) bond motifs is 2. The monoisotopic (exact) mass is 337 g/mol. The summed E-state index contributed by atoms with van der Waals surface area (Å²) in [6, 6.07) is 12.4. The Hall–Kier alpha value is -2.66. The topological polar surface area (TPSA) is 66.8 Å². The van der Waals surface area contributed by atoms with E-state index < -0.39 is 17.4 Å². The Morgan fingerprint density at radius 1 is 1.20 bits per heavy atom. The summed E-state index contributed by atoms with van der Waals surface area (Å²) >= 11 is 0. The molecule has 0 radical (unpaired) electrons. The van der Waals surface area contributed by atoms with Crippen LogP contribution in [0.5, 0.6) is 5.75 Å². The van der Waals surface area contributed by atoms with Crippen molar-refractivity contribution in [1.82, 2.24) is 0 Å². The molecule has 128 valence electrons. The Bertz CT molecular complexity index is 891. The van der Waals surface area contributed by atoms with Gasteiger partial charge in [-0.15, -0.1) is 0 Å². The number of methoxy groups -OCH3 is 1. The minimum atomic E-state index is -1.81. The normalized spacial score (nSPS) is 24.9. The van der Waals surface area contributed by atoms with Gasteiger partial charge in [-0.25, -0.2) is 0 Å². The van der Waals surface area contributed by atoms with E-state index >= 15 is 0 Å². The van der Waals surface area contributed by atoms with Crippen LogP contribution in [0, 0.1) is 5.92 Å². The van der Waals surface area contributed by atoms with Crippen molar-refractivity contribution in [3.05, 3.63) is 59.2 Å². The van der Waals surface area contributed by atoms with Gasteiger partial charge in [-0.1, -0.05) is 18.2 Å². The molecule has 0 bridgehead atoms. The lowest BCUT2D eigenvalue weighted by molar-refractivity contribution is -0.140. The van der Waals surface area contributed by atoms with E-state index in [-0.39, 0.29) is 5.78 Å². The van der Waals surface area contributed by atoms with Gasteiger partial charge in [-0.2, -0.15) is 0 Å². The van der Waals surface area contributed by atoms with Gasteiger partial charge in [0.15, 0.2) is 11.4 Å². The first-order valence-electron chi connectivity index (χ1n) is 8.29. The number of aryl methyl sites for hydroxylation is 1. The number of likely N-dealkylation sites (N-methyl/N-ethyl adjacent to an activating group) is 1. The Kier molecular flexibility index (Phi) is 3.44. The first-order chi connectivity index (χ1) is 12.0. The third-order valence-electron chi connectivity index (χ3n) is 5.41. The van der Waals surface area contributed by atoms with E-state index in [1.54, 1.807) is 44.5 Å². The molecular weight excluding hydrogens is 318 g/mol. The molecule has 0 unspecified atom stereocenters. The van der Waals surface area contributed by atoms with E-state index in [2.05, 4.69) is 0 Å². The quantitative estimate of drug-likeness (QED) is 0.913. The molecule has 0 aromatic heterocycles. The lowest BCUT2D eigenvalue weighted by atomic mass is 9.71. The second kappa shape index (κ2) is 5.43. The van der Waals surface area contributed by atoms with E-state index in [0.29, 0.717) is 35.4 Å². The fourth-order valence-corrected chi connectivity index (χ4v) is 4.07. The number of carbonyl (C=O) groups excluding carboxylic acids is 2. The summed E-state index contributed by atoms with van der Waals surface area (Å²) in [5.41, 5.74) is 0.822. The van der Waals surface area contributed by atoms with Crippen LogP contribution < -0.4 is 9.64 Å². The molecular formula is C20H19NO4. The molecule has 2 aromatic carbocycles. The Morgan fingerprint density at radius 2 is 1.96 bits per heavy atom. The van der Waals surface area contributed by atoms with Gasteiger partial charge < -0.3 is 14.7 Å². The number of rotatable bonds is 2. The highest BCUT2D eigenvalue weighted by Crippen LogP contribution is 2.47. The summed E-state index contributed by atoms with van der Waals surface area (Å²) in [4.78, 5) is 27.4. The van der Waals surface area contributed by atoms with Gasteiger partial charge in [-0.3, -0.25) is 9.59 Å². The SMILES string of the molecule is COc1ccc2c(c1)CC[C@@H]([C@]1(O)C(=O)N(C)c3ccccc31)C2=O. The molecule has 0 saturated heterocycles. The number of aliphatic hydroxyl groups is 1. The van der Waals surface area contributed by atoms with Crippen molar-refractivity contribution >= 4 is 17.4 Å². The van der Waals surface area contributed by atoms with Crippen molar-refractivity contribution in [2.45, 2.75) is 18.4 Å². The molecule has 2 aliphatic rings. The Balaban J connectivity index is 1.80. The van der Waals surface area contributed by atoms with Gasteiger partial charge in [-0.05, 0) is 42.7 Å². The fourth-order valence-electron chi connectivity index (χ4n) is 4.07. The van der Waals surface area contributed by atoms with E-state index in [4.69, 9.17) is 4.74 Å². The van der Waals surface area contributed by atoms with Crippen molar-refractivity contribution in [3.8, 4) is 5.75 Å². The molecule has 0 spiro atoms. The molecule has 1 aliphatic carbocycles.